The zero-order chi connectivity index (χ0) is 19.9. The summed E-state index contributed by atoms with van der Waals surface area (Å²) in [7, 11) is 3.60. The predicted octanol–water partition coefficient (Wildman–Crippen LogP) is 1.89. The van der Waals surface area contributed by atoms with E-state index in [-0.39, 0.29) is 12.5 Å². The third-order valence-electron chi connectivity index (χ3n) is 4.28. The van der Waals surface area contributed by atoms with E-state index in [1.54, 1.807) is 7.11 Å². The van der Waals surface area contributed by atoms with Gasteiger partial charge in [-0.25, -0.2) is 4.98 Å². The van der Waals surface area contributed by atoms with E-state index in [9.17, 15) is 4.79 Å². The van der Waals surface area contributed by atoms with Gasteiger partial charge in [0.2, 0.25) is 11.9 Å². The Balaban J connectivity index is 1.86. The van der Waals surface area contributed by atoms with Gasteiger partial charge in [0.15, 0.2) is 0 Å². The molecule has 28 heavy (non-hydrogen) atoms. The Hall–Kier alpha value is -3.39. The number of amides is 1. The summed E-state index contributed by atoms with van der Waals surface area (Å²) in [5.74, 6) is 1.88. The van der Waals surface area contributed by atoms with Crippen LogP contribution in [-0.2, 0) is 4.79 Å². The largest absolute Gasteiger partial charge is 0.497 e. The lowest BCUT2D eigenvalue weighted by atomic mass is 10.2. The summed E-state index contributed by atoms with van der Waals surface area (Å²) < 4.78 is 5.23. The summed E-state index contributed by atoms with van der Waals surface area (Å²) in [5, 5.41) is 6.81. The van der Waals surface area contributed by atoms with E-state index >= 15 is 0 Å². The number of nitrogens with two attached hydrogens (primary N) is 1. The van der Waals surface area contributed by atoms with Gasteiger partial charge in [0, 0.05) is 31.2 Å². The van der Waals surface area contributed by atoms with Gasteiger partial charge in [-0.1, -0.05) is 12.1 Å². The third-order valence-corrected chi connectivity index (χ3v) is 4.28. The van der Waals surface area contributed by atoms with E-state index in [2.05, 4.69) is 15.6 Å². The lowest BCUT2D eigenvalue weighted by Crippen LogP contribution is -2.33. The zero-order valence-electron chi connectivity index (χ0n) is 16.0. The molecule has 0 unspecified atom stereocenters. The highest BCUT2D eigenvalue weighted by molar-refractivity contribution is 5.92. The Morgan fingerprint density at radius 2 is 1.86 bits per heavy atom. The minimum atomic E-state index is -0.193. The van der Waals surface area contributed by atoms with Crippen LogP contribution in [0, 0.1) is 0 Å². The van der Waals surface area contributed by atoms with Crippen molar-refractivity contribution in [2.45, 2.75) is 0 Å². The van der Waals surface area contributed by atoms with Crippen molar-refractivity contribution in [2.75, 3.05) is 44.0 Å². The number of hydrogen-bond donors (Lipinski definition) is 3. The van der Waals surface area contributed by atoms with Crippen molar-refractivity contribution in [3.63, 3.8) is 0 Å². The van der Waals surface area contributed by atoms with Crippen LogP contribution in [0.3, 0.4) is 0 Å². The van der Waals surface area contributed by atoms with Gasteiger partial charge < -0.3 is 26.0 Å². The summed E-state index contributed by atoms with van der Waals surface area (Å²) in [4.78, 5) is 22.5. The summed E-state index contributed by atoms with van der Waals surface area (Å²) in [6.45, 7) is 0.912. The Labute approximate surface area is 163 Å². The number of rotatable bonds is 8. The van der Waals surface area contributed by atoms with Gasteiger partial charge in [0.25, 0.3) is 0 Å². The number of carbonyl (C=O) groups is 1. The quantitative estimate of drug-likeness (QED) is 0.513. The summed E-state index contributed by atoms with van der Waals surface area (Å²) in [5.41, 5.74) is 7.10. The summed E-state index contributed by atoms with van der Waals surface area (Å²) >= 11 is 0. The molecule has 3 aromatic rings. The number of nitrogens with zero attached hydrogens (tertiary/aromatic N) is 3. The van der Waals surface area contributed by atoms with Crippen molar-refractivity contribution in [1.29, 1.82) is 0 Å². The first kappa shape index (κ1) is 19.4. The fourth-order valence-corrected chi connectivity index (χ4v) is 2.77. The van der Waals surface area contributed by atoms with Crippen LogP contribution in [0.15, 0.2) is 48.5 Å². The Morgan fingerprint density at radius 3 is 2.57 bits per heavy atom. The first-order valence-electron chi connectivity index (χ1n) is 8.97. The molecule has 4 N–H and O–H groups in total. The molecular formula is C20H24N6O2. The van der Waals surface area contributed by atoms with Crippen molar-refractivity contribution in [2.24, 2.45) is 5.73 Å². The maximum atomic E-state index is 11.2. The van der Waals surface area contributed by atoms with E-state index in [1.165, 1.54) is 0 Å². The normalized spacial score (nSPS) is 10.5. The number of anilines is 3. The van der Waals surface area contributed by atoms with Crippen LogP contribution in [0.2, 0.25) is 0 Å². The highest BCUT2D eigenvalue weighted by atomic mass is 16.5. The van der Waals surface area contributed by atoms with E-state index < -0.39 is 0 Å². The fourth-order valence-electron chi connectivity index (χ4n) is 2.77. The van der Waals surface area contributed by atoms with Crippen LogP contribution in [0.5, 0.6) is 5.75 Å². The smallest absolute Gasteiger partial charge is 0.233 e. The van der Waals surface area contributed by atoms with Crippen molar-refractivity contribution in [3.8, 4) is 5.75 Å². The molecule has 0 aliphatic rings. The molecule has 0 aliphatic heterocycles. The lowest BCUT2D eigenvalue weighted by Gasteiger charge is -2.21. The molecule has 0 saturated heterocycles. The standard InChI is InChI=1S/C20H24N6O2/c1-26(14-7-9-15(28-2)10-8-14)19-16-5-3-4-6-17(16)24-20(25-19)23-12-11-22-18(27)13-21/h3-10H,11-13,21H2,1-2H3,(H,22,27)(H,23,24,25). The SMILES string of the molecule is COc1ccc(N(C)c2nc(NCCNC(=O)CN)nc3ccccc23)cc1. The Morgan fingerprint density at radius 1 is 1.11 bits per heavy atom. The monoisotopic (exact) mass is 380 g/mol. The topological polar surface area (TPSA) is 105 Å². The predicted molar refractivity (Wildman–Crippen MR) is 111 cm³/mol. The second-order valence-electron chi connectivity index (χ2n) is 6.13. The molecule has 0 spiro atoms. The summed E-state index contributed by atoms with van der Waals surface area (Å²) in [6, 6.07) is 15.6. The zero-order valence-corrected chi connectivity index (χ0v) is 16.0. The van der Waals surface area contributed by atoms with Crippen LogP contribution in [0.4, 0.5) is 17.5 Å². The average Bonchev–Trinajstić information content (AvgIpc) is 2.75. The number of benzene rings is 2. The van der Waals surface area contributed by atoms with Crippen molar-refractivity contribution in [1.82, 2.24) is 15.3 Å². The fraction of sp³-hybridized carbons (Fsp3) is 0.250. The number of aromatic nitrogens is 2. The van der Waals surface area contributed by atoms with Gasteiger partial charge in [-0.15, -0.1) is 0 Å². The van der Waals surface area contributed by atoms with Crippen LogP contribution < -0.4 is 26.0 Å². The minimum absolute atomic E-state index is 0.0245. The van der Waals surface area contributed by atoms with Gasteiger partial charge in [-0.2, -0.15) is 4.98 Å². The minimum Gasteiger partial charge on any atom is -0.497 e. The maximum absolute atomic E-state index is 11.2. The van der Waals surface area contributed by atoms with E-state index in [0.29, 0.717) is 19.0 Å². The van der Waals surface area contributed by atoms with Crippen LogP contribution in [0.1, 0.15) is 0 Å². The van der Waals surface area contributed by atoms with Crippen molar-refractivity contribution < 1.29 is 9.53 Å². The number of nitrogens with one attached hydrogen (secondary N) is 2. The second-order valence-corrected chi connectivity index (χ2v) is 6.13. The molecule has 0 fully saturated rings. The maximum Gasteiger partial charge on any atom is 0.233 e. The molecule has 2 aromatic carbocycles. The summed E-state index contributed by atoms with van der Waals surface area (Å²) in [6.07, 6.45) is 0. The number of hydrogen-bond acceptors (Lipinski definition) is 7. The first-order valence-corrected chi connectivity index (χ1v) is 8.97. The first-order chi connectivity index (χ1) is 13.6. The number of ether oxygens (including phenoxy) is 1. The molecule has 1 heterocycles. The molecule has 0 radical (unpaired) electrons. The van der Waals surface area contributed by atoms with E-state index in [0.717, 1.165) is 28.2 Å². The highest BCUT2D eigenvalue weighted by Crippen LogP contribution is 2.30. The molecule has 146 valence electrons. The van der Waals surface area contributed by atoms with Gasteiger partial charge in [-0.05, 0) is 36.4 Å². The van der Waals surface area contributed by atoms with Gasteiger partial charge in [0.05, 0.1) is 19.2 Å². The van der Waals surface area contributed by atoms with Gasteiger partial charge >= 0.3 is 0 Å². The second kappa shape index (κ2) is 9.01. The number of carbonyl (C=O) groups excluding carboxylic acids is 1. The van der Waals surface area contributed by atoms with E-state index in [4.69, 9.17) is 15.5 Å². The van der Waals surface area contributed by atoms with Crippen molar-refractivity contribution >= 4 is 34.3 Å². The van der Waals surface area contributed by atoms with Crippen LogP contribution in [0.25, 0.3) is 10.9 Å². The van der Waals surface area contributed by atoms with Crippen LogP contribution >= 0.6 is 0 Å². The van der Waals surface area contributed by atoms with Crippen LogP contribution in [-0.4, -0.2) is 49.7 Å². The van der Waals surface area contributed by atoms with Gasteiger partial charge in [-0.3, -0.25) is 4.79 Å². The van der Waals surface area contributed by atoms with Crippen molar-refractivity contribution in [3.05, 3.63) is 48.5 Å². The molecule has 1 aromatic heterocycles. The molecule has 0 atom stereocenters. The number of para-hydroxylation sites is 1. The number of methoxy groups -OCH3 is 1. The van der Waals surface area contributed by atoms with Gasteiger partial charge in [0.1, 0.15) is 11.6 Å². The number of fused-ring (bicyclic) bond motifs is 1. The molecule has 8 heteroatoms. The highest BCUT2D eigenvalue weighted by Gasteiger charge is 2.13. The molecule has 0 bridgehead atoms. The molecule has 1 amide bonds. The Bertz CT molecular complexity index is 945. The van der Waals surface area contributed by atoms with E-state index in [1.807, 2.05) is 60.5 Å². The molecule has 0 aliphatic carbocycles. The molecular weight excluding hydrogens is 356 g/mol. The lowest BCUT2D eigenvalue weighted by molar-refractivity contribution is -0.119. The molecule has 3 rings (SSSR count). The average molecular weight is 380 g/mol. The third kappa shape index (κ3) is 4.47. The Kier molecular flexibility index (Phi) is 6.23. The molecule has 8 nitrogen and oxygen atoms in total. The molecule has 0 saturated carbocycles.